The maximum absolute atomic E-state index is 13.6. The standard InChI is InChI=1S/C28H36N4O5S2/c1-20-15-32(17-27-29-12-13-38-27)21(2)18-37-25-11-10-23(14-24(25)28(33)31(3)16-26(20)36-4)30-39(34,35)19-22-8-6-5-7-9-22/h5-14,20-21,26,30H,15-19H2,1-4H3/t20-,21-,26-/m1/s1. The largest absolute Gasteiger partial charge is 0.491 e. The van der Waals surface area contributed by atoms with Crippen LogP contribution in [0.1, 0.15) is 34.8 Å². The molecule has 3 atom stereocenters. The molecule has 2 heterocycles. The van der Waals surface area contributed by atoms with Gasteiger partial charge in [-0.2, -0.15) is 0 Å². The summed E-state index contributed by atoms with van der Waals surface area (Å²) in [5.74, 6) is 0.0928. The third-order valence-electron chi connectivity index (χ3n) is 6.87. The first kappa shape index (κ1) is 29.0. The van der Waals surface area contributed by atoms with Crippen LogP contribution in [0.3, 0.4) is 0 Å². The summed E-state index contributed by atoms with van der Waals surface area (Å²) >= 11 is 1.62. The van der Waals surface area contributed by atoms with Gasteiger partial charge in [0.15, 0.2) is 0 Å². The Morgan fingerprint density at radius 2 is 1.92 bits per heavy atom. The summed E-state index contributed by atoms with van der Waals surface area (Å²) in [6.07, 6.45) is 1.61. The van der Waals surface area contributed by atoms with E-state index >= 15 is 0 Å². The number of carbonyl (C=O) groups is 1. The minimum atomic E-state index is -3.69. The summed E-state index contributed by atoms with van der Waals surface area (Å²) in [6, 6.07) is 13.8. The first-order valence-corrected chi connectivity index (χ1v) is 15.4. The van der Waals surface area contributed by atoms with E-state index in [9.17, 15) is 13.2 Å². The monoisotopic (exact) mass is 572 g/mol. The molecule has 39 heavy (non-hydrogen) atoms. The van der Waals surface area contributed by atoms with Crippen molar-refractivity contribution in [3.63, 3.8) is 0 Å². The number of methoxy groups -OCH3 is 1. The molecule has 0 spiro atoms. The third kappa shape index (κ3) is 7.78. The molecule has 11 heteroatoms. The average molecular weight is 573 g/mol. The number of nitrogens with one attached hydrogen (secondary N) is 1. The molecule has 0 saturated heterocycles. The number of aromatic nitrogens is 1. The fraction of sp³-hybridized carbons (Fsp3) is 0.429. The van der Waals surface area contributed by atoms with Gasteiger partial charge in [-0.15, -0.1) is 11.3 Å². The Morgan fingerprint density at radius 3 is 2.62 bits per heavy atom. The number of fused-ring (bicyclic) bond motifs is 1. The Balaban J connectivity index is 1.61. The molecule has 0 saturated carbocycles. The smallest absolute Gasteiger partial charge is 0.257 e. The zero-order valence-corrected chi connectivity index (χ0v) is 24.4. The molecule has 0 aliphatic carbocycles. The Hall–Kier alpha value is -2.99. The Labute approximate surface area is 234 Å². The van der Waals surface area contributed by atoms with Crippen LogP contribution in [0.15, 0.2) is 60.1 Å². The molecule has 1 aliphatic heterocycles. The number of hydrogen-bond donors (Lipinski definition) is 1. The fourth-order valence-electron chi connectivity index (χ4n) is 4.65. The SMILES string of the molecule is CO[C@@H]1CN(C)C(=O)c2cc(NS(=O)(=O)Cc3ccccc3)ccc2OC[C@@H](C)N(Cc2nccs2)C[C@H]1C. The first-order chi connectivity index (χ1) is 18.6. The van der Waals surface area contributed by atoms with Crippen molar-refractivity contribution in [1.82, 2.24) is 14.8 Å². The van der Waals surface area contributed by atoms with Gasteiger partial charge in [-0.05, 0) is 36.6 Å². The molecule has 0 radical (unpaired) electrons. The summed E-state index contributed by atoms with van der Waals surface area (Å²) in [4.78, 5) is 22.0. The number of likely N-dealkylation sites (N-methyl/N-ethyl adjacent to an activating group) is 1. The lowest BCUT2D eigenvalue weighted by Crippen LogP contribution is -2.46. The summed E-state index contributed by atoms with van der Waals surface area (Å²) in [6.45, 7) is 6.37. The number of carbonyl (C=O) groups excluding carboxylic acids is 1. The second-order valence-corrected chi connectivity index (χ2v) is 12.7. The summed E-state index contributed by atoms with van der Waals surface area (Å²) in [7, 11) is -0.309. The van der Waals surface area contributed by atoms with Crippen LogP contribution in [0.5, 0.6) is 5.75 Å². The van der Waals surface area contributed by atoms with E-state index in [1.807, 2.05) is 17.6 Å². The molecule has 1 N–H and O–H groups in total. The molecule has 9 nitrogen and oxygen atoms in total. The summed E-state index contributed by atoms with van der Waals surface area (Å²) in [5.41, 5.74) is 1.27. The Morgan fingerprint density at radius 1 is 1.15 bits per heavy atom. The van der Waals surface area contributed by atoms with Crippen LogP contribution in [0, 0.1) is 5.92 Å². The lowest BCUT2D eigenvalue weighted by molar-refractivity contribution is 0.00921. The summed E-state index contributed by atoms with van der Waals surface area (Å²) < 4.78 is 40.3. The predicted molar refractivity (Wildman–Crippen MR) is 154 cm³/mol. The number of ether oxygens (including phenoxy) is 2. The maximum Gasteiger partial charge on any atom is 0.257 e. The lowest BCUT2D eigenvalue weighted by Gasteiger charge is -2.35. The van der Waals surface area contributed by atoms with Crippen molar-refractivity contribution in [3.05, 3.63) is 76.2 Å². The zero-order valence-electron chi connectivity index (χ0n) is 22.7. The number of rotatable bonds is 7. The predicted octanol–water partition coefficient (Wildman–Crippen LogP) is 4.09. The molecule has 3 aromatic rings. The number of nitrogens with zero attached hydrogens (tertiary/aromatic N) is 3. The molecule has 0 unspecified atom stereocenters. The maximum atomic E-state index is 13.6. The highest BCUT2D eigenvalue weighted by Crippen LogP contribution is 2.27. The molecule has 1 aromatic heterocycles. The van der Waals surface area contributed by atoms with Crippen LogP contribution >= 0.6 is 11.3 Å². The number of amides is 1. The average Bonchev–Trinajstić information content (AvgIpc) is 3.42. The van der Waals surface area contributed by atoms with Crippen LogP contribution in [-0.4, -0.2) is 75.1 Å². The molecule has 2 aromatic carbocycles. The Bertz CT molecular complexity index is 1340. The van der Waals surface area contributed by atoms with Gasteiger partial charge in [0.2, 0.25) is 10.0 Å². The van der Waals surface area contributed by atoms with Gasteiger partial charge in [0.25, 0.3) is 5.91 Å². The van der Waals surface area contributed by atoms with Gasteiger partial charge in [0.1, 0.15) is 17.4 Å². The van der Waals surface area contributed by atoms with Gasteiger partial charge >= 0.3 is 0 Å². The van der Waals surface area contributed by atoms with Crippen molar-refractivity contribution < 1.29 is 22.7 Å². The van der Waals surface area contributed by atoms with Crippen molar-refractivity contribution in [2.24, 2.45) is 5.92 Å². The highest BCUT2D eigenvalue weighted by atomic mass is 32.2. The number of sulfonamides is 1. The van der Waals surface area contributed by atoms with E-state index in [1.165, 1.54) is 0 Å². The number of hydrogen-bond acceptors (Lipinski definition) is 8. The molecule has 1 aliphatic rings. The molecule has 1 amide bonds. The minimum Gasteiger partial charge on any atom is -0.491 e. The number of anilines is 1. The van der Waals surface area contributed by atoms with Gasteiger partial charge in [-0.25, -0.2) is 13.4 Å². The van der Waals surface area contributed by atoms with Crippen molar-refractivity contribution in [3.8, 4) is 5.75 Å². The van der Waals surface area contributed by atoms with Crippen LogP contribution in [0.4, 0.5) is 5.69 Å². The van der Waals surface area contributed by atoms with Crippen LogP contribution < -0.4 is 9.46 Å². The van der Waals surface area contributed by atoms with E-state index in [2.05, 4.69) is 28.5 Å². The van der Waals surface area contributed by atoms with E-state index in [0.717, 1.165) is 11.6 Å². The van der Waals surface area contributed by atoms with Crippen molar-refractivity contribution in [1.29, 1.82) is 0 Å². The van der Waals surface area contributed by atoms with Crippen molar-refractivity contribution >= 4 is 33.0 Å². The lowest BCUT2D eigenvalue weighted by atomic mass is 10.0. The van der Waals surface area contributed by atoms with Gasteiger partial charge in [-0.1, -0.05) is 37.3 Å². The van der Waals surface area contributed by atoms with Crippen LogP contribution in [0.25, 0.3) is 0 Å². The fourth-order valence-corrected chi connectivity index (χ4v) is 6.48. The summed E-state index contributed by atoms with van der Waals surface area (Å²) in [5, 5.41) is 2.99. The Kier molecular flexibility index (Phi) is 9.60. The van der Waals surface area contributed by atoms with Gasteiger partial charge in [0.05, 0.1) is 24.0 Å². The molecule has 4 rings (SSSR count). The van der Waals surface area contributed by atoms with E-state index in [4.69, 9.17) is 9.47 Å². The quantitative estimate of drug-likeness (QED) is 0.455. The molecular formula is C28H36N4O5S2. The highest BCUT2D eigenvalue weighted by molar-refractivity contribution is 7.91. The van der Waals surface area contributed by atoms with E-state index in [0.29, 0.717) is 42.3 Å². The molecule has 0 fully saturated rings. The van der Waals surface area contributed by atoms with E-state index < -0.39 is 10.0 Å². The molecule has 0 bridgehead atoms. The number of thiazole rings is 1. The second kappa shape index (κ2) is 12.9. The van der Waals surface area contributed by atoms with Gasteiger partial charge in [-0.3, -0.25) is 14.4 Å². The molecule has 210 valence electrons. The van der Waals surface area contributed by atoms with Gasteiger partial charge < -0.3 is 14.4 Å². The molecular weight excluding hydrogens is 536 g/mol. The van der Waals surface area contributed by atoms with Crippen LogP contribution in [-0.2, 0) is 27.1 Å². The van der Waals surface area contributed by atoms with Crippen molar-refractivity contribution in [2.75, 3.05) is 38.6 Å². The number of benzene rings is 2. The normalized spacial score (nSPS) is 21.4. The first-order valence-electron chi connectivity index (χ1n) is 12.9. The van der Waals surface area contributed by atoms with Crippen molar-refractivity contribution in [2.45, 2.75) is 38.3 Å². The third-order valence-corrected chi connectivity index (χ3v) is 8.89. The van der Waals surface area contributed by atoms with E-state index in [1.54, 1.807) is 72.9 Å². The van der Waals surface area contributed by atoms with Crippen LogP contribution in [0.2, 0.25) is 0 Å². The highest BCUT2D eigenvalue weighted by Gasteiger charge is 2.29. The van der Waals surface area contributed by atoms with Gasteiger partial charge in [0, 0.05) is 50.6 Å². The minimum absolute atomic E-state index is 0.0259. The second-order valence-electron chi connectivity index (χ2n) is 10.0. The topological polar surface area (TPSA) is 101 Å². The van der Waals surface area contributed by atoms with E-state index in [-0.39, 0.29) is 29.7 Å². The zero-order chi connectivity index (χ0) is 28.0.